The fourth-order valence-corrected chi connectivity index (χ4v) is 14.0. The summed E-state index contributed by atoms with van der Waals surface area (Å²) in [4.78, 5) is 24.7. The van der Waals surface area contributed by atoms with E-state index in [0.29, 0.717) is 0 Å². The lowest BCUT2D eigenvalue weighted by atomic mass is 9.94. The number of ether oxygens (including phenoxy) is 16. The summed E-state index contributed by atoms with van der Waals surface area (Å²) in [5.74, 6) is -2.86. The summed E-state index contributed by atoms with van der Waals surface area (Å²) >= 11 is 0. The largest absolute Gasteiger partial charge is 0.478 e. The van der Waals surface area contributed by atoms with Gasteiger partial charge in [0, 0.05) is 24.5 Å². The van der Waals surface area contributed by atoms with Crippen molar-refractivity contribution in [3.8, 4) is 0 Å². The Morgan fingerprint density at radius 1 is 0.245 bits per heavy atom. The molecule has 2 aromatic rings. The predicted molar refractivity (Wildman–Crippen MR) is 331 cm³/mol. The molecule has 0 aromatic heterocycles. The lowest BCUT2D eigenvalue weighted by Gasteiger charge is -2.51. The van der Waals surface area contributed by atoms with Crippen molar-refractivity contribution in [2.75, 3.05) is 63.4 Å². The van der Waals surface area contributed by atoms with Gasteiger partial charge in [0.05, 0.1) is 50.8 Å². The number of para-hydroxylation sites is 2. The molecule has 30 heterocycles. The second kappa shape index (κ2) is 35.4. The second-order valence-corrected chi connectivity index (χ2v) is 26.6. The topological polar surface area (TPSA) is 691 Å². The van der Waals surface area contributed by atoms with Crippen LogP contribution in [0.2, 0.25) is 0 Å². The molecular formula is C62H90N2O42. The van der Waals surface area contributed by atoms with Crippen LogP contribution in [0.5, 0.6) is 0 Å². The SMILES string of the molecule is O=C(O)c1ccccc1NC[C@H]1O[C@@H]2O[C@H]3[C@H](O)[C@@H](O)[C@@H](O[C@H]4[C@H](O)[C@@H](O)[C@@H](O[C@H]5[C@H](O)[C@@H](O)[C@@H](O[C@H]6[C@H](O)[C@@H](O)[C@@H](O[C@H]7[C@H](O)[C@@H](O)[C@@H](O[C@H]8[C@H](O)[C@@H](O)[C@@H](O[C@H]9[C@H](O)[C@@H](O)[C@@H](O[C@H]1[C@H](O)[C@H]2O)O[C@@H]9CO)O[C@@H]8CO)O[C@@H]7CO)O[C@@H]6CO)O[C@@H]5CO)O[C@@H]4CO)O[C@@H]3CNc1ccccc1C(=O)O. The third-order valence-electron chi connectivity index (χ3n) is 19.8. The summed E-state index contributed by atoms with van der Waals surface area (Å²) in [6, 6.07) is 10.7. The molecule has 16 bridgehead atoms. The zero-order valence-corrected chi connectivity index (χ0v) is 55.5. The number of hydrogen-bond acceptors (Lipinski definition) is 42. The van der Waals surface area contributed by atoms with Crippen molar-refractivity contribution in [1.29, 1.82) is 0 Å². The standard InChI is InChI=1S/C62H90N2O42/c65-11-23-47-32(74)40(82)58(94-23)103-49-25(13-67)96-60(42(84)34(49)76)105-51-27(15-69)98-62(44(86)36(51)78)106-52-28(16-70)97-61(43(85)35(52)77)104-50-26(14-68)95-59(41(83)33(50)75)102-48-24(12-66)93-57(39(81)31(48)73)100-46-22(10-64-20-8-4-2-6-18(20)54(89)90)91-55(37(79)29(46)71)99-45-21(92-56(101-47)38(80)30(45)72)9-63-19-7-3-1-5-17(19)53(87)88/h1-8,21-52,55-86H,9-16H2,(H,87,88)(H,89,90)/t21-,22-,23-,24-,25-,26-,27-,28-,29-,30-,31-,32-,33-,34-,35-,36-,37-,38-,39-,40-,41-,42-,43-,44-,45-,46-,47-,48-,49-,50-,51-,52-,55-,56-,57-,58-,59-,60-,61-,62-/m1/s1. The van der Waals surface area contributed by atoms with Crippen LogP contribution in [0.3, 0.4) is 0 Å². The molecule has 30 aliphatic rings. The molecule has 40 atom stereocenters. The van der Waals surface area contributed by atoms with Crippen LogP contribution in [-0.4, -0.2) is 433 Å². The summed E-state index contributed by atoms with van der Waals surface area (Å²) in [5, 5.41) is 277. The summed E-state index contributed by atoms with van der Waals surface area (Å²) in [6.45, 7) is -7.99. The van der Waals surface area contributed by atoms with Crippen LogP contribution in [0.1, 0.15) is 20.7 Å². The van der Waals surface area contributed by atoms with Gasteiger partial charge in [-0.15, -0.1) is 0 Å². The Kier molecular flexibility index (Phi) is 27.6. The van der Waals surface area contributed by atoms with Crippen molar-refractivity contribution in [2.24, 2.45) is 0 Å². The van der Waals surface area contributed by atoms with Crippen molar-refractivity contribution in [1.82, 2.24) is 0 Å². The normalized spacial score (nSPS) is 47.8. The van der Waals surface area contributed by atoms with E-state index in [1.807, 2.05) is 0 Å². The highest BCUT2D eigenvalue weighted by molar-refractivity contribution is 5.94. The lowest BCUT2D eigenvalue weighted by Crippen LogP contribution is -2.69. The molecule has 0 spiro atoms. The molecule has 26 N–H and O–H groups in total. The van der Waals surface area contributed by atoms with Gasteiger partial charge in [-0.05, 0) is 24.3 Å². The van der Waals surface area contributed by atoms with E-state index >= 15 is 0 Å². The summed E-state index contributed by atoms with van der Waals surface area (Å²) in [6.07, 6.45) is -84.3. The zero-order valence-electron chi connectivity index (χ0n) is 55.5. The molecule has 600 valence electrons. The molecule has 0 aliphatic carbocycles. The first-order valence-electron chi connectivity index (χ1n) is 33.7. The highest BCUT2D eigenvalue weighted by atomic mass is 16.8. The van der Waals surface area contributed by atoms with Gasteiger partial charge in [-0.25, -0.2) is 9.59 Å². The molecule has 30 fully saturated rings. The van der Waals surface area contributed by atoms with Crippen molar-refractivity contribution >= 4 is 23.3 Å². The quantitative estimate of drug-likeness (QED) is 0.0835. The van der Waals surface area contributed by atoms with Crippen LogP contribution in [0, 0.1) is 0 Å². The first-order chi connectivity index (χ1) is 50.6. The van der Waals surface area contributed by atoms with Crippen molar-refractivity contribution in [3.05, 3.63) is 59.7 Å². The van der Waals surface area contributed by atoms with Crippen LogP contribution >= 0.6 is 0 Å². The highest BCUT2D eigenvalue weighted by Crippen LogP contribution is 2.40. The van der Waals surface area contributed by atoms with Crippen LogP contribution in [-0.2, 0) is 75.8 Å². The molecule has 2 aromatic carbocycles. The Balaban J connectivity index is 0.909. The minimum atomic E-state index is -2.36. The summed E-state index contributed by atoms with van der Waals surface area (Å²) in [5.41, 5.74) is -0.771. The van der Waals surface area contributed by atoms with Crippen LogP contribution < -0.4 is 10.6 Å². The summed E-state index contributed by atoms with van der Waals surface area (Å²) in [7, 11) is 0. The van der Waals surface area contributed by atoms with Crippen molar-refractivity contribution in [3.63, 3.8) is 0 Å². The van der Waals surface area contributed by atoms with Gasteiger partial charge >= 0.3 is 11.9 Å². The molecule has 0 radical (unpaired) electrons. The Bertz CT molecular complexity index is 3080. The fraction of sp³-hybridized carbons (Fsp3) is 0.774. The van der Waals surface area contributed by atoms with Gasteiger partial charge < -0.3 is 209 Å². The van der Waals surface area contributed by atoms with E-state index in [2.05, 4.69) is 10.6 Å². The monoisotopic (exact) mass is 1530 g/mol. The number of nitrogens with one attached hydrogen (secondary N) is 2. The van der Waals surface area contributed by atoms with E-state index in [0.717, 1.165) is 0 Å². The molecule has 106 heavy (non-hydrogen) atoms. The maximum atomic E-state index is 12.4. The molecule has 30 aliphatic heterocycles. The number of carboxylic acids is 2. The molecule has 44 nitrogen and oxygen atoms in total. The second-order valence-electron chi connectivity index (χ2n) is 26.6. The van der Waals surface area contributed by atoms with Crippen LogP contribution in [0.15, 0.2) is 48.5 Å². The van der Waals surface area contributed by atoms with Gasteiger partial charge in [-0.2, -0.15) is 0 Å². The van der Waals surface area contributed by atoms with E-state index in [9.17, 15) is 132 Å². The van der Waals surface area contributed by atoms with Gasteiger partial charge in [0.2, 0.25) is 0 Å². The van der Waals surface area contributed by atoms with Crippen molar-refractivity contribution in [2.45, 2.75) is 246 Å². The van der Waals surface area contributed by atoms with Gasteiger partial charge in [-0.3, -0.25) is 0 Å². The lowest BCUT2D eigenvalue weighted by molar-refractivity contribution is -0.402. The maximum absolute atomic E-state index is 12.4. The van der Waals surface area contributed by atoms with E-state index in [1.165, 1.54) is 48.5 Å². The van der Waals surface area contributed by atoms with E-state index in [1.54, 1.807) is 0 Å². The number of aliphatic hydroxyl groups excluding tert-OH is 22. The van der Waals surface area contributed by atoms with Crippen molar-refractivity contribution < 1.29 is 208 Å². The molecule has 32 rings (SSSR count). The Hall–Kier alpha value is -4.54. The van der Waals surface area contributed by atoms with E-state index in [-0.39, 0.29) is 22.5 Å². The average molecular weight is 1540 g/mol. The van der Waals surface area contributed by atoms with Crippen LogP contribution in [0.25, 0.3) is 0 Å². The number of benzene rings is 2. The molecule has 0 unspecified atom stereocenters. The fourth-order valence-electron chi connectivity index (χ4n) is 14.0. The number of carboxylic acid groups (broad SMARTS) is 2. The van der Waals surface area contributed by atoms with E-state index < -0.39 is 310 Å². The smallest absolute Gasteiger partial charge is 0.337 e. The number of hydrogen-bond donors (Lipinski definition) is 26. The zero-order chi connectivity index (χ0) is 76.6. The molecule has 0 saturated carbocycles. The van der Waals surface area contributed by atoms with Gasteiger partial charge in [0.25, 0.3) is 0 Å². The van der Waals surface area contributed by atoms with E-state index in [4.69, 9.17) is 75.8 Å². The molecule has 44 heteroatoms. The minimum Gasteiger partial charge on any atom is -0.478 e. The number of anilines is 2. The third kappa shape index (κ3) is 16.8. The molecule has 0 amide bonds. The number of aliphatic hydroxyl groups is 22. The minimum absolute atomic E-state index is 0.0780. The Morgan fingerprint density at radius 2 is 0.406 bits per heavy atom. The molecular weight excluding hydrogens is 1440 g/mol. The number of rotatable bonds is 14. The Labute approximate surface area is 598 Å². The molecule has 30 saturated heterocycles. The highest BCUT2D eigenvalue weighted by Gasteiger charge is 2.61. The number of aromatic carboxylic acids is 2. The first-order valence-corrected chi connectivity index (χ1v) is 33.7. The third-order valence-corrected chi connectivity index (χ3v) is 19.8. The van der Waals surface area contributed by atoms with Gasteiger partial charge in [-0.1, -0.05) is 24.3 Å². The van der Waals surface area contributed by atoms with Crippen LogP contribution in [0.4, 0.5) is 11.4 Å². The Morgan fingerprint density at radius 3 is 0.575 bits per heavy atom. The first kappa shape index (κ1) is 82.4. The predicted octanol–water partition coefficient (Wildman–Crippen LogP) is -13.8. The van der Waals surface area contributed by atoms with Gasteiger partial charge in [0.1, 0.15) is 195 Å². The maximum Gasteiger partial charge on any atom is 0.337 e. The number of carbonyl (C=O) groups is 2. The average Bonchev–Trinajstić information content (AvgIpc) is 0.772. The summed E-state index contributed by atoms with van der Waals surface area (Å²) < 4.78 is 94.2. The van der Waals surface area contributed by atoms with Gasteiger partial charge in [0.15, 0.2) is 50.3 Å².